The standard InChI is InChI=1S/C9H15NO2.ClH/c1-6(11)12-9-4-7-2-3-8(5-9)10-7;/h7-10H,2-5H2,1H3;1H/t7-,8+,9?;. The van der Waals surface area contributed by atoms with Crippen LogP contribution < -0.4 is 5.32 Å². The molecule has 2 bridgehead atoms. The van der Waals surface area contributed by atoms with E-state index in [1.165, 1.54) is 19.8 Å². The van der Waals surface area contributed by atoms with Crippen molar-refractivity contribution in [2.75, 3.05) is 0 Å². The van der Waals surface area contributed by atoms with E-state index in [-0.39, 0.29) is 24.5 Å². The summed E-state index contributed by atoms with van der Waals surface area (Å²) in [6.07, 6.45) is 4.71. The van der Waals surface area contributed by atoms with Gasteiger partial charge in [-0.05, 0) is 25.7 Å². The van der Waals surface area contributed by atoms with Gasteiger partial charge in [-0.15, -0.1) is 12.4 Å². The molecule has 13 heavy (non-hydrogen) atoms. The summed E-state index contributed by atoms with van der Waals surface area (Å²) in [6.45, 7) is 1.49. The van der Waals surface area contributed by atoms with Gasteiger partial charge in [0.15, 0.2) is 0 Å². The van der Waals surface area contributed by atoms with Crippen LogP contribution in [0.25, 0.3) is 0 Å². The number of rotatable bonds is 1. The van der Waals surface area contributed by atoms with Gasteiger partial charge in [-0.2, -0.15) is 0 Å². The van der Waals surface area contributed by atoms with Crippen LogP contribution in [-0.2, 0) is 9.53 Å². The van der Waals surface area contributed by atoms with E-state index in [4.69, 9.17) is 4.74 Å². The molecule has 0 saturated carbocycles. The van der Waals surface area contributed by atoms with Crippen molar-refractivity contribution in [2.45, 2.75) is 50.8 Å². The lowest BCUT2D eigenvalue weighted by atomic mass is 10.0. The summed E-state index contributed by atoms with van der Waals surface area (Å²) >= 11 is 0. The molecule has 0 aliphatic carbocycles. The summed E-state index contributed by atoms with van der Waals surface area (Å²) in [6, 6.07) is 1.21. The Morgan fingerprint density at radius 1 is 1.31 bits per heavy atom. The van der Waals surface area contributed by atoms with Gasteiger partial charge in [-0.1, -0.05) is 0 Å². The first-order valence-corrected chi connectivity index (χ1v) is 4.67. The molecule has 0 aromatic rings. The summed E-state index contributed by atoms with van der Waals surface area (Å²) in [5, 5.41) is 3.50. The lowest BCUT2D eigenvalue weighted by Crippen LogP contribution is -2.41. The number of esters is 1. The first-order valence-electron chi connectivity index (χ1n) is 4.67. The van der Waals surface area contributed by atoms with E-state index < -0.39 is 0 Å². The maximum atomic E-state index is 10.7. The second-order valence-electron chi connectivity index (χ2n) is 3.84. The average molecular weight is 206 g/mol. The monoisotopic (exact) mass is 205 g/mol. The predicted octanol–water partition coefficient (Wildman–Crippen LogP) is 1.25. The summed E-state index contributed by atoms with van der Waals surface area (Å²) in [5.74, 6) is -0.138. The average Bonchev–Trinajstić information content (AvgIpc) is 2.29. The van der Waals surface area contributed by atoms with Gasteiger partial charge < -0.3 is 10.1 Å². The predicted molar refractivity (Wildman–Crippen MR) is 52.0 cm³/mol. The van der Waals surface area contributed by atoms with Gasteiger partial charge in [0.25, 0.3) is 0 Å². The second kappa shape index (κ2) is 4.29. The van der Waals surface area contributed by atoms with Crippen molar-refractivity contribution in [1.29, 1.82) is 0 Å². The Bertz CT molecular complexity index is 186. The normalized spacial score (nSPS) is 36.5. The van der Waals surface area contributed by atoms with E-state index in [0.717, 1.165) is 12.8 Å². The van der Waals surface area contributed by atoms with Crippen molar-refractivity contribution < 1.29 is 9.53 Å². The summed E-state index contributed by atoms with van der Waals surface area (Å²) in [5.41, 5.74) is 0. The fraction of sp³-hybridized carbons (Fsp3) is 0.889. The minimum absolute atomic E-state index is 0. The molecule has 3 nitrogen and oxygen atoms in total. The van der Waals surface area contributed by atoms with Crippen LogP contribution in [0.4, 0.5) is 0 Å². The smallest absolute Gasteiger partial charge is 0.302 e. The molecule has 0 amide bonds. The molecule has 2 fully saturated rings. The third-order valence-corrected chi connectivity index (χ3v) is 2.76. The molecule has 2 saturated heterocycles. The minimum atomic E-state index is -0.138. The molecule has 2 heterocycles. The quantitative estimate of drug-likeness (QED) is 0.655. The summed E-state index contributed by atoms with van der Waals surface area (Å²) < 4.78 is 5.19. The Kier molecular flexibility index (Phi) is 3.56. The first kappa shape index (κ1) is 10.8. The topological polar surface area (TPSA) is 38.3 Å². The molecule has 1 N–H and O–H groups in total. The number of halogens is 1. The molecule has 4 heteroatoms. The summed E-state index contributed by atoms with van der Waals surface area (Å²) in [7, 11) is 0. The Morgan fingerprint density at radius 3 is 2.31 bits per heavy atom. The number of nitrogens with one attached hydrogen (secondary N) is 1. The van der Waals surface area contributed by atoms with E-state index >= 15 is 0 Å². The van der Waals surface area contributed by atoms with Gasteiger partial charge in [-0.3, -0.25) is 4.79 Å². The van der Waals surface area contributed by atoms with E-state index in [9.17, 15) is 4.79 Å². The number of hydrogen-bond acceptors (Lipinski definition) is 3. The van der Waals surface area contributed by atoms with Crippen LogP contribution in [0.1, 0.15) is 32.6 Å². The molecule has 0 spiro atoms. The molecular weight excluding hydrogens is 190 g/mol. The first-order chi connectivity index (χ1) is 5.74. The highest BCUT2D eigenvalue weighted by atomic mass is 35.5. The molecule has 2 aliphatic rings. The number of carbonyl (C=O) groups is 1. The maximum absolute atomic E-state index is 10.7. The van der Waals surface area contributed by atoms with Crippen molar-refractivity contribution in [1.82, 2.24) is 5.32 Å². The zero-order chi connectivity index (χ0) is 8.55. The van der Waals surface area contributed by atoms with Gasteiger partial charge in [0.05, 0.1) is 0 Å². The van der Waals surface area contributed by atoms with Gasteiger partial charge in [0.2, 0.25) is 0 Å². The Balaban J connectivity index is 0.000000845. The highest BCUT2D eigenvalue weighted by Crippen LogP contribution is 2.28. The van der Waals surface area contributed by atoms with E-state index in [1.54, 1.807) is 0 Å². The fourth-order valence-corrected chi connectivity index (χ4v) is 2.34. The minimum Gasteiger partial charge on any atom is -0.462 e. The summed E-state index contributed by atoms with van der Waals surface area (Å²) in [4.78, 5) is 10.7. The number of carbonyl (C=O) groups excluding carboxylic acids is 1. The number of hydrogen-bond donors (Lipinski definition) is 1. The van der Waals surface area contributed by atoms with Gasteiger partial charge in [0, 0.05) is 19.0 Å². The van der Waals surface area contributed by atoms with Crippen LogP contribution in [0.15, 0.2) is 0 Å². The van der Waals surface area contributed by atoms with Crippen LogP contribution in [0.3, 0.4) is 0 Å². The van der Waals surface area contributed by atoms with E-state index in [0.29, 0.717) is 12.1 Å². The molecule has 3 atom stereocenters. The van der Waals surface area contributed by atoms with Crippen molar-refractivity contribution in [2.24, 2.45) is 0 Å². The van der Waals surface area contributed by atoms with Crippen LogP contribution in [0.5, 0.6) is 0 Å². The zero-order valence-corrected chi connectivity index (χ0v) is 8.60. The third kappa shape index (κ3) is 2.58. The zero-order valence-electron chi connectivity index (χ0n) is 7.79. The molecule has 0 aromatic heterocycles. The van der Waals surface area contributed by atoms with Crippen molar-refractivity contribution in [3.8, 4) is 0 Å². The molecule has 2 aliphatic heterocycles. The molecular formula is C9H16ClNO2. The van der Waals surface area contributed by atoms with Crippen LogP contribution >= 0.6 is 12.4 Å². The van der Waals surface area contributed by atoms with Crippen molar-refractivity contribution in [3.05, 3.63) is 0 Å². The van der Waals surface area contributed by atoms with Gasteiger partial charge in [0.1, 0.15) is 6.10 Å². The SMILES string of the molecule is CC(=O)OC1C[C@H]2CC[C@@H](C1)N2.Cl. The Morgan fingerprint density at radius 2 is 1.85 bits per heavy atom. The maximum Gasteiger partial charge on any atom is 0.302 e. The third-order valence-electron chi connectivity index (χ3n) is 2.76. The fourth-order valence-electron chi connectivity index (χ4n) is 2.34. The second-order valence-corrected chi connectivity index (χ2v) is 3.84. The van der Waals surface area contributed by atoms with Crippen molar-refractivity contribution in [3.63, 3.8) is 0 Å². The molecule has 0 aromatic carbocycles. The van der Waals surface area contributed by atoms with Gasteiger partial charge >= 0.3 is 5.97 Å². The Hall–Kier alpha value is -0.280. The van der Waals surface area contributed by atoms with Crippen LogP contribution in [-0.4, -0.2) is 24.2 Å². The lowest BCUT2D eigenvalue weighted by Gasteiger charge is -2.28. The Labute approximate surface area is 84.6 Å². The number of ether oxygens (including phenoxy) is 1. The molecule has 0 radical (unpaired) electrons. The number of fused-ring (bicyclic) bond motifs is 2. The number of piperidine rings is 1. The molecule has 1 unspecified atom stereocenters. The highest BCUT2D eigenvalue weighted by Gasteiger charge is 2.34. The largest absolute Gasteiger partial charge is 0.462 e. The van der Waals surface area contributed by atoms with E-state index in [1.807, 2.05) is 0 Å². The highest BCUT2D eigenvalue weighted by molar-refractivity contribution is 5.85. The van der Waals surface area contributed by atoms with Gasteiger partial charge in [-0.25, -0.2) is 0 Å². The van der Waals surface area contributed by atoms with E-state index in [2.05, 4.69) is 5.32 Å². The van der Waals surface area contributed by atoms with Crippen LogP contribution in [0.2, 0.25) is 0 Å². The van der Waals surface area contributed by atoms with Crippen molar-refractivity contribution >= 4 is 18.4 Å². The molecule has 2 rings (SSSR count). The molecule has 76 valence electrons. The lowest BCUT2D eigenvalue weighted by molar-refractivity contribution is -0.148. The van der Waals surface area contributed by atoms with Crippen LogP contribution in [0, 0.1) is 0 Å².